The number of fused-ring (bicyclic) bond motifs is 1. The maximum atomic E-state index is 12.8. The van der Waals surface area contributed by atoms with Crippen LogP contribution in [0.2, 0.25) is 5.02 Å². The van der Waals surface area contributed by atoms with Crippen molar-refractivity contribution in [3.8, 4) is 11.4 Å². The van der Waals surface area contributed by atoms with Crippen LogP contribution < -0.4 is 9.72 Å². The Labute approximate surface area is 152 Å². The van der Waals surface area contributed by atoms with Crippen LogP contribution in [-0.2, 0) is 0 Å². The highest BCUT2D eigenvalue weighted by Gasteiger charge is 2.28. The minimum Gasteiger partial charge on any atom is -0.346 e. The number of imidazole rings is 1. The highest BCUT2D eigenvalue weighted by atomic mass is 35.5. The van der Waals surface area contributed by atoms with Crippen molar-refractivity contribution >= 4 is 23.0 Å². The van der Waals surface area contributed by atoms with Crippen molar-refractivity contribution < 1.29 is 9.20 Å². The molecule has 0 aliphatic rings. The van der Waals surface area contributed by atoms with Crippen molar-refractivity contribution in [1.29, 1.82) is 0 Å². The van der Waals surface area contributed by atoms with Gasteiger partial charge in [0.05, 0.1) is 11.8 Å². The summed E-state index contributed by atoms with van der Waals surface area (Å²) in [7, 11) is 0. The lowest BCUT2D eigenvalue weighted by atomic mass is 9.88. The number of rotatable bonds is 3. The number of benzene rings is 1. The lowest BCUT2D eigenvalue weighted by Gasteiger charge is -2.27. The summed E-state index contributed by atoms with van der Waals surface area (Å²) in [4.78, 5) is 16.1. The van der Waals surface area contributed by atoms with Crippen LogP contribution in [0.5, 0.6) is 0 Å². The van der Waals surface area contributed by atoms with Gasteiger partial charge >= 0.3 is 0 Å². The van der Waals surface area contributed by atoms with Gasteiger partial charge in [-0.15, -0.1) is 0 Å². The predicted molar refractivity (Wildman–Crippen MR) is 101 cm³/mol. The summed E-state index contributed by atoms with van der Waals surface area (Å²) < 4.78 is 1.97. The summed E-state index contributed by atoms with van der Waals surface area (Å²) >= 11 is 6.13. The normalized spacial score (nSPS) is 13.0. The summed E-state index contributed by atoms with van der Waals surface area (Å²) in [6.45, 7) is 8.35. The Bertz CT molecular complexity index is 924. The van der Waals surface area contributed by atoms with E-state index in [4.69, 9.17) is 11.6 Å². The summed E-state index contributed by atoms with van der Waals surface area (Å²) in [5.74, 6) is 0.714. The van der Waals surface area contributed by atoms with Crippen LogP contribution in [0.15, 0.2) is 48.7 Å². The Hall–Kier alpha value is -2.33. The Morgan fingerprint density at radius 1 is 1.20 bits per heavy atom. The van der Waals surface area contributed by atoms with Crippen LogP contribution in [0.3, 0.4) is 0 Å². The molecule has 1 atom stereocenters. The minimum atomic E-state index is -0.112. The molecular formula is C20H23ClN3O+. The molecule has 0 saturated heterocycles. The number of carbonyl (C=O) groups excluding carboxylic acids is 1. The van der Waals surface area contributed by atoms with E-state index in [9.17, 15) is 4.79 Å². The van der Waals surface area contributed by atoms with E-state index in [0.29, 0.717) is 10.7 Å². The standard InChI is InChI=1S/C20H22ClN3O/c1-13(20(2,3)4)22-19(25)17-16-10-5-6-11-24(16)18(23-17)14-8-7-9-15(21)12-14/h5-13H,1-4H3,(H,22,25)/p+1. The van der Waals surface area contributed by atoms with Gasteiger partial charge in [0.25, 0.3) is 11.7 Å². The highest BCUT2D eigenvalue weighted by molar-refractivity contribution is 6.30. The molecule has 130 valence electrons. The van der Waals surface area contributed by atoms with Crippen molar-refractivity contribution in [2.75, 3.05) is 0 Å². The number of hydrogen-bond acceptors (Lipinski definition) is 1. The van der Waals surface area contributed by atoms with Gasteiger partial charge in [-0.1, -0.05) is 44.5 Å². The molecule has 2 N–H and O–H groups in total. The average Bonchev–Trinajstić information content (AvgIpc) is 2.93. The fourth-order valence-electron chi connectivity index (χ4n) is 2.59. The third-order valence-electron chi connectivity index (χ3n) is 4.57. The van der Waals surface area contributed by atoms with Crippen molar-refractivity contribution in [3.63, 3.8) is 0 Å². The Morgan fingerprint density at radius 3 is 2.64 bits per heavy atom. The van der Waals surface area contributed by atoms with Crippen molar-refractivity contribution in [1.82, 2.24) is 10.3 Å². The summed E-state index contributed by atoms with van der Waals surface area (Å²) in [5.41, 5.74) is 2.29. The zero-order valence-electron chi connectivity index (χ0n) is 14.9. The Kier molecular flexibility index (Phi) is 4.56. The van der Waals surface area contributed by atoms with Crippen LogP contribution in [0.25, 0.3) is 16.9 Å². The molecule has 0 bridgehead atoms. The number of nitrogens with one attached hydrogen (secondary N) is 2. The molecule has 0 fully saturated rings. The van der Waals surface area contributed by atoms with E-state index >= 15 is 0 Å². The molecule has 0 saturated carbocycles. The van der Waals surface area contributed by atoms with Gasteiger partial charge in [0.2, 0.25) is 5.69 Å². The summed E-state index contributed by atoms with van der Waals surface area (Å²) in [6.07, 6.45) is 1.94. The summed E-state index contributed by atoms with van der Waals surface area (Å²) in [6, 6.07) is 13.4. The molecule has 2 aromatic heterocycles. The molecule has 0 spiro atoms. The minimum absolute atomic E-state index is 0.0129. The largest absolute Gasteiger partial charge is 0.346 e. The number of aromatic nitrogens is 2. The second-order valence-corrected chi connectivity index (χ2v) is 7.81. The fraction of sp³-hybridized carbons (Fsp3) is 0.300. The lowest BCUT2D eigenvalue weighted by Crippen LogP contribution is -2.41. The number of hydrogen-bond donors (Lipinski definition) is 2. The first-order chi connectivity index (χ1) is 11.8. The van der Waals surface area contributed by atoms with Gasteiger partial charge in [-0.2, -0.15) is 4.40 Å². The smallest absolute Gasteiger partial charge is 0.295 e. The molecule has 2 heterocycles. The van der Waals surface area contributed by atoms with E-state index < -0.39 is 0 Å². The van der Waals surface area contributed by atoms with Gasteiger partial charge in [-0.3, -0.25) is 4.79 Å². The lowest BCUT2D eigenvalue weighted by molar-refractivity contribution is -0.498. The molecule has 0 radical (unpaired) electrons. The second kappa shape index (κ2) is 6.52. The van der Waals surface area contributed by atoms with Crippen LogP contribution in [0.4, 0.5) is 0 Å². The molecule has 3 aromatic rings. The average molecular weight is 357 g/mol. The molecule has 1 amide bonds. The van der Waals surface area contributed by atoms with Crippen LogP contribution in [0, 0.1) is 5.41 Å². The number of amides is 1. The number of pyridine rings is 1. The SMILES string of the molecule is CC(NC(=O)c1[nH]c(-c2cccc(Cl)c2)[n+]2ccccc12)C(C)(C)C. The quantitative estimate of drug-likeness (QED) is 0.677. The van der Waals surface area contributed by atoms with Crippen molar-refractivity contribution in [2.24, 2.45) is 5.41 Å². The van der Waals surface area contributed by atoms with E-state index in [2.05, 4.69) is 31.1 Å². The number of H-pyrrole nitrogens is 1. The van der Waals surface area contributed by atoms with Gasteiger partial charge in [-0.05, 0) is 42.7 Å². The van der Waals surface area contributed by atoms with E-state index in [1.54, 1.807) is 0 Å². The predicted octanol–water partition coefficient (Wildman–Crippen LogP) is 4.24. The molecule has 25 heavy (non-hydrogen) atoms. The second-order valence-electron chi connectivity index (χ2n) is 7.38. The topological polar surface area (TPSA) is 49.0 Å². The number of carbonyl (C=O) groups is 1. The summed E-state index contributed by atoms with van der Waals surface area (Å²) in [5, 5.41) is 3.75. The third kappa shape index (κ3) is 3.54. The van der Waals surface area contributed by atoms with E-state index in [-0.39, 0.29) is 17.4 Å². The van der Waals surface area contributed by atoms with Crippen LogP contribution in [0.1, 0.15) is 38.2 Å². The van der Waals surface area contributed by atoms with E-state index in [1.807, 2.05) is 60.0 Å². The molecule has 5 heteroatoms. The van der Waals surface area contributed by atoms with Crippen LogP contribution in [-0.4, -0.2) is 16.9 Å². The molecular weight excluding hydrogens is 334 g/mol. The first-order valence-corrected chi connectivity index (χ1v) is 8.74. The highest BCUT2D eigenvalue weighted by Crippen LogP contribution is 2.22. The van der Waals surface area contributed by atoms with Gasteiger partial charge in [0.1, 0.15) is 0 Å². The molecule has 3 rings (SSSR count). The molecule has 0 aliphatic heterocycles. The van der Waals surface area contributed by atoms with Crippen molar-refractivity contribution in [2.45, 2.75) is 33.7 Å². The van der Waals surface area contributed by atoms with Gasteiger partial charge in [0.15, 0.2) is 5.52 Å². The molecule has 1 unspecified atom stereocenters. The zero-order valence-corrected chi connectivity index (χ0v) is 15.7. The van der Waals surface area contributed by atoms with E-state index in [0.717, 1.165) is 16.9 Å². The van der Waals surface area contributed by atoms with Crippen molar-refractivity contribution in [3.05, 3.63) is 59.4 Å². The maximum Gasteiger partial charge on any atom is 0.295 e. The first kappa shape index (κ1) is 17.5. The van der Waals surface area contributed by atoms with Gasteiger partial charge < -0.3 is 5.32 Å². The Morgan fingerprint density at radius 2 is 1.96 bits per heavy atom. The molecule has 0 aliphatic carbocycles. The third-order valence-corrected chi connectivity index (χ3v) is 4.81. The monoisotopic (exact) mass is 356 g/mol. The number of halogens is 1. The molecule has 1 aromatic carbocycles. The molecule has 4 nitrogen and oxygen atoms in total. The zero-order chi connectivity index (χ0) is 18.2. The maximum absolute atomic E-state index is 12.8. The van der Waals surface area contributed by atoms with E-state index in [1.165, 1.54) is 0 Å². The van der Waals surface area contributed by atoms with Crippen LogP contribution >= 0.6 is 11.6 Å². The fourth-order valence-corrected chi connectivity index (χ4v) is 2.78. The number of aromatic amines is 1. The first-order valence-electron chi connectivity index (χ1n) is 8.36. The van der Waals surface area contributed by atoms with Gasteiger partial charge in [-0.25, -0.2) is 4.98 Å². The van der Waals surface area contributed by atoms with Gasteiger partial charge in [0, 0.05) is 11.1 Å². The number of nitrogens with zero attached hydrogens (tertiary/aromatic N) is 1. The Balaban J connectivity index is 2.07.